The number of rotatable bonds is 1. The van der Waals surface area contributed by atoms with Crippen LogP contribution in [0.1, 0.15) is 11.5 Å². The van der Waals surface area contributed by atoms with Crippen LogP contribution in [0.25, 0.3) is 0 Å². The summed E-state index contributed by atoms with van der Waals surface area (Å²) in [6.07, 6.45) is 5.06. The highest BCUT2D eigenvalue weighted by atomic mass is 16.5. The van der Waals surface area contributed by atoms with E-state index in [9.17, 15) is 15.8 Å². The molecule has 0 spiro atoms. The number of ether oxygens (including phenoxy) is 1. The van der Waals surface area contributed by atoms with Crippen LogP contribution in [0, 0.1) is 45.3 Å². The number of nitriles is 3. The van der Waals surface area contributed by atoms with Gasteiger partial charge in [-0.25, -0.2) is 0 Å². The first-order valence-corrected chi connectivity index (χ1v) is 7.10. The van der Waals surface area contributed by atoms with E-state index in [2.05, 4.69) is 23.2 Å². The van der Waals surface area contributed by atoms with Gasteiger partial charge in [0.1, 0.15) is 6.07 Å². The van der Waals surface area contributed by atoms with Crippen molar-refractivity contribution in [3.05, 3.63) is 53.0 Å². The topological polar surface area (TPSA) is 120 Å². The van der Waals surface area contributed by atoms with Crippen molar-refractivity contribution in [1.29, 1.82) is 15.8 Å². The van der Waals surface area contributed by atoms with E-state index < -0.39 is 11.3 Å². The molecule has 3 rings (SSSR count). The number of nitrogens with zero attached hydrogens (tertiary/aromatic N) is 4. The molecule has 0 fully saturated rings. The van der Waals surface area contributed by atoms with Gasteiger partial charge in [-0.05, 0) is 17.2 Å². The largest absolute Gasteiger partial charge is 0.399 e. The number of aromatic nitrogens is 1. The van der Waals surface area contributed by atoms with Crippen LogP contribution in [-0.4, -0.2) is 18.2 Å². The number of nitrogens with two attached hydrogens (primary N) is 1. The molecular weight excluding hydrogens is 290 g/mol. The van der Waals surface area contributed by atoms with Crippen molar-refractivity contribution < 1.29 is 4.74 Å². The Balaban J connectivity index is 2.33. The van der Waals surface area contributed by atoms with Gasteiger partial charge in [0, 0.05) is 24.2 Å². The van der Waals surface area contributed by atoms with Crippen molar-refractivity contribution in [3.63, 3.8) is 0 Å². The average Bonchev–Trinajstić information content (AvgIpc) is 2.61. The van der Waals surface area contributed by atoms with Gasteiger partial charge in [0.05, 0.1) is 36.6 Å². The smallest absolute Gasteiger partial charge is 0.191 e. The van der Waals surface area contributed by atoms with Crippen molar-refractivity contribution in [1.82, 2.24) is 4.98 Å². The second-order valence-corrected chi connectivity index (χ2v) is 5.50. The molecule has 2 heterocycles. The first kappa shape index (κ1) is 14.8. The van der Waals surface area contributed by atoms with E-state index in [1.807, 2.05) is 12.1 Å². The van der Waals surface area contributed by atoms with Crippen LogP contribution >= 0.6 is 0 Å². The average molecular weight is 303 g/mol. The Morgan fingerprint density at radius 1 is 1.30 bits per heavy atom. The summed E-state index contributed by atoms with van der Waals surface area (Å²) < 4.78 is 5.51. The number of hydrogen-bond acceptors (Lipinski definition) is 6. The van der Waals surface area contributed by atoms with Crippen molar-refractivity contribution in [3.8, 4) is 18.2 Å². The summed E-state index contributed by atoms with van der Waals surface area (Å²) >= 11 is 0. The Kier molecular flexibility index (Phi) is 3.58. The molecule has 2 aliphatic rings. The summed E-state index contributed by atoms with van der Waals surface area (Å²) in [5.74, 6) is -0.816. The van der Waals surface area contributed by atoms with Gasteiger partial charge in [-0.1, -0.05) is 12.1 Å². The molecule has 1 aromatic rings. The highest BCUT2D eigenvalue weighted by Crippen LogP contribution is 2.53. The quantitative estimate of drug-likeness (QED) is 0.839. The second-order valence-electron chi connectivity index (χ2n) is 5.50. The molecule has 0 saturated carbocycles. The minimum atomic E-state index is -1.61. The molecule has 0 bridgehead atoms. The number of allylic oxidation sites excluding steroid dienone is 2. The predicted molar refractivity (Wildman–Crippen MR) is 79.9 cm³/mol. The minimum Gasteiger partial charge on any atom is -0.399 e. The van der Waals surface area contributed by atoms with E-state index in [1.165, 1.54) is 0 Å². The van der Waals surface area contributed by atoms with Crippen LogP contribution in [0.2, 0.25) is 0 Å². The van der Waals surface area contributed by atoms with E-state index in [0.717, 1.165) is 11.1 Å². The third-order valence-corrected chi connectivity index (χ3v) is 4.48. The molecule has 2 atom stereocenters. The normalized spacial score (nSPS) is 25.3. The SMILES string of the molecule is N#CC1=C(N)C(C#N)(C#N)[C@H](c2cccnc2)[C@H]2COCC=C12. The van der Waals surface area contributed by atoms with E-state index in [0.29, 0.717) is 13.2 Å². The van der Waals surface area contributed by atoms with Crippen LogP contribution in [0.15, 0.2) is 47.4 Å². The van der Waals surface area contributed by atoms with Crippen molar-refractivity contribution >= 4 is 0 Å². The maximum atomic E-state index is 9.77. The highest BCUT2D eigenvalue weighted by Gasteiger charge is 2.54. The highest BCUT2D eigenvalue weighted by molar-refractivity contribution is 5.59. The first-order valence-electron chi connectivity index (χ1n) is 7.10. The lowest BCUT2D eigenvalue weighted by atomic mass is 9.59. The van der Waals surface area contributed by atoms with Gasteiger partial charge in [0.15, 0.2) is 5.41 Å². The molecule has 1 aromatic heterocycles. The van der Waals surface area contributed by atoms with E-state index in [-0.39, 0.29) is 17.2 Å². The molecule has 1 aliphatic carbocycles. The molecule has 23 heavy (non-hydrogen) atoms. The Hall–Kier alpha value is -3.14. The van der Waals surface area contributed by atoms with Gasteiger partial charge in [-0.15, -0.1) is 0 Å². The van der Waals surface area contributed by atoms with E-state index in [1.54, 1.807) is 18.5 Å². The monoisotopic (exact) mass is 303 g/mol. The van der Waals surface area contributed by atoms with Crippen LogP contribution in [0.3, 0.4) is 0 Å². The summed E-state index contributed by atoms with van der Waals surface area (Å²) in [6, 6.07) is 9.74. The van der Waals surface area contributed by atoms with Gasteiger partial charge in [0.2, 0.25) is 0 Å². The van der Waals surface area contributed by atoms with Crippen molar-refractivity contribution in [2.24, 2.45) is 17.1 Å². The lowest BCUT2D eigenvalue weighted by Gasteiger charge is -2.42. The lowest BCUT2D eigenvalue weighted by Crippen LogP contribution is -2.44. The summed E-state index contributed by atoms with van der Waals surface area (Å²) in [5.41, 5.74) is 6.25. The predicted octanol–water partition coefficient (Wildman–Crippen LogP) is 1.52. The molecule has 0 unspecified atom stereocenters. The van der Waals surface area contributed by atoms with E-state index >= 15 is 0 Å². The summed E-state index contributed by atoms with van der Waals surface area (Å²) in [7, 11) is 0. The molecule has 0 aromatic carbocycles. The third-order valence-electron chi connectivity index (χ3n) is 4.48. The molecule has 0 saturated heterocycles. The fourth-order valence-corrected chi connectivity index (χ4v) is 3.42. The van der Waals surface area contributed by atoms with Gasteiger partial charge >= 0.3 is 0 Å². The Bertz CT molecular complexity index is 805. The Morgan fingerprint density at radius 3 is 2.70 bits per heavy atom. The fraction of sp³-hybridized carbons (Fsp3) is 0.294. The third kappa shape index (κ3) is 1.99. The molecule has 2 N–H and O–H groups in total. The zero-order chi connectivity index (χ0) is 16.4. The number of hydrogen-bond donors (Lipinski definition) is 1. The Morgan fingerprint density at radius 2 is 2.09 bits per heavy atom. The Labute approximate surface area is 133 Å². The van der Waals surface area contributed by atoms with Gasteiger partial charge in [0.25, 0.3) is 0 Å². The maximum absolute atomic E-state index is 9.77. The molecule has 6 heteroatoms. The second kappa shape index (κ2) is 5.57. The standard InChI is InChI=1S/C17H13N5O/c18-6-13-12-3-5-23-8-14(12)15(11-2-1-4-22-7-11)17(9-19,10-20)16(13)21/h1-4,7,14-15H,5,8,21H2/t14-,15+/m0/s1. The number of pyridine rings is 1. The van der Waals surface area contributed by atoms with Gasteiger partial charge in [-0.3, -0.25) is 4.98 Å². The summed E-state index contributed by atoms with van der Waals surface area (Å²) in [5, 5.41) is 29.0. The number of fused-ring (bicyclic) bond motifs is 1. The lowest BCUT2D eigenvalue weighted by molar-refractivity contribution is 0.0978. The van der Waals surface area contributed by atoms with Crippen LogP contribution in [-0.2, 0) is 4.74 Å². The fourth-order valence-electron chi connectivity index (χ4n) is 3.42. The van der Waals surface area contributed by atoms with Crippen LogP contribution in [0.5, 0.6) is 0 Å². The van der Waals surface area contributed by atoms with Crippen molar-refractivity contribution in [2.45, 2.75) is 5.92 Å². The van der Waals surface area contributed by atoms with Gasteiger partial charge < -0.3 is 10.5 Å². The molecule has 0 radical (unpaired) electrons. The molecule has 6 nitrogen and oxygen atoms in total. The molecule has 0 amide bonds. The molecule has 1 aliphatic heterocycles. The maximum Gasteiger partial charge on any atom is 0.191 e. The molecule has 112 valence electrons. The zero-order valence-corrected chi connectivity index (χ0v) is 12.2. The van der Waals surface area contributed by atoms with Crippen molar-refractivity contribution in [2.75, 3.05) is 13.2 Å². The van der Waals surface area contributed by atoms with Crippen LogP contribution in [0.4, 0.5) is 0 Å². The molecular formula is C17H13N5O. The summed E-state index contributed by atoms with van der Waals surface area (Å²) in [6.45, 7) is 0.713. The van der Waals surface area contributed by atoms with Crippen LogP contribution < -0.4 is 5.73 Å². The van der Waals surface area contributed by atoms with E-state index in [4.69, 9.17) is 10.5 Å². The first-order chi connectivity index (χ1) is 11.2. The zero-order valence-electron chi connectivity index (χ0n) is 12.2. The minimum absolute atomic E-state index is 0.0169. The van der Waals surface area contributed by atoms with Gasteiger partial charge in [-0.2, -0.15) is 15.8 Å². The summed E-state index contributed by atoms with van der Waals surface area (Å²) in [4.78, 5) is 4.09.